The molecule has 2 nitrogen and oxygen atoms in total. The van der Waals surface area contributed by atoms with Crippen molar-refractivity contribution in [3.05, 3.63) is 27.7 Å². The SMILES string of the molecule is COC(C)CNc1ccc(Cl)cc1Br. The lowest BCUT2D eigenvalue weighted by atomic mass is 10.3. The summed E-state index contributed by atoms with van der Waals surface area (Å²) in [7, 11) is 1.70. The molecule has 1 aromatic carbocycles. The predicted molar refractivity (Wildman–Crippen MR) is 64.1 cm³/mol. The number of halogens is 2. The van der Waals surface area contributed by atoms with Crippen molar-refractivity contribution in [2.45, 2.75) is 13.0 Å². The van der Waals surface area contributed by atoms with Gasteiger partial charge in [-0.3, -0.25) is 0 Å². The topological polar surface area (TPSA) is 21.3 Å². The Bertz CT molecular complexity index is 306. The van der Waals surface area contributed by atoms with E-state index in [1.165, 1.54) is 0 Å². The molecule has 1 atom stereocenters. The van der Waals surface area contributed by atoms with E-state index in [4.69, 9.17) is 16.3 Å². The van der Waals surface area contributed by atoms with Gasteiger partial charge in [0.05, 0.1) is 6.10 Å². The van der Waals surface area contributed by atoms with Gasteiger partial charge in [-0.05, 0) is 41.1 Å². The van der Waals surface area contributed by atoms with Gasteiger partial charge in [-0.25, -0.2) is 0 Å². The molecule has 4 heteroatoms. The van der Waals surface area contributed by atoms with Crippen molar-refractivity contribution < 1.29 is 4.74 Å². The third kappa shape index (κ3) is 3.48. The highest BCUT2D eigenvalue weighted by Gasteiger charge is 2.02. The molecule has 14 heavy (non-hydrogen) atoms. The molecule has 1 N–H and O–H groups in total. The Morgan fingerprint density at radius 2 is 2.29 bits per heavy atom. The minimum atomic E-state index is 0.192. The average Bonchev–Trinajstić information content (AvgIpc) is 2.16. The van der Waals surface area contributed by atoms with Crippen LogP contribution in [0.5, 0.6) is 0 Å². The zero-order chi connectivity index (χ0) is 10.6. The van der Waals surface area contributed by atoms with E-state index in [0.29, 0.717) is 0 Å². The standard InChI is InChI=1S/C10H13BrClNO/c1-7(14-2)6-13-10-4-3-8(12)5-9(10)11/h3-5,7,13H,6H2,1-2H3. The first-order valence-corrected chi connectivity index (χ1v) is 5.52. The molecule has 78 valence electrons. The minimum Gasteiger partial charge on any atom is -0.382 e. The molecule has 0 aliphatic heterocycles. The van der Waals surface area contributed by atoms with Gasteiger partial charge in [-0.2, -0.15) is 0 Å². The Balaban J connectivity index is 2.59. The first kappa shape index (κ1) is 11.8. The molecule has 0 aromatic heterocycles. The van der Waals surface area contributed by atoms with Crippen LogP contribution >= 0.6 is 27.5 Å². The van der Waals surface area contributed by atoms with E-state index < -0.39 is 0 Å². The molecule has 0 spiro atoms. The summed E-state index contributed by atoms with van der Waals surface area (Å²) in [5.74, 6) is 0. The van der Waals surface area contributed by atoms with E-state index in [0.717, 1.165) is 21.7 Å². The fourth-order valence-corrected chi connectivity index (χ4v) is 1.79. The molecule has 1 unspecified atom stereocenters. The van der Waals surface area contributed by atoms with Gasteiger partial charge in [0.2, 0.25) is 0 Å². The van der Waals surface area contributed by atoms with Crippen molar-refractivity contribution in [2.75, 3.05) is 19.0 Å². The van der Waals surface area contributed by atoms with Crippen LogP contribution in [0.15, 0.2) is 22.7 Å². The Labute approximate surface area is 97.7 Å². The quantitative estimate of drug-likeness (QED) is 0.909. The van der Waals surface area contributed by atoms with Crippen LogP contribution in [0.1, 0.15) is 6.92 Å². The fraction of sp³-hybridized carbons (Fsp3) is 0.400. The van der Waals surface area contributed by atoms with Gasteiger partial charge in [-0.15, -0.1) is 0 Å². The lowest BCUT2D eigenvalue weighted by molar-refractivity contribution is 0.129. The van der Waals surface area contributed by atoms with Crippen molar-refractivity contribution in [1.29, 1.82) is 0 Å². The van der Waals surface area contributed by atoms with E-state index in [1.54, 1.807) is 7.11 Å². The number of hydrogen-bond donors (Lipinski definition) is 1. The van der Waals surface area contributed by atoms with Crippen LogP contribution in [0.2, 0.25) is 5.02 Å². The minimum absolute atomic E-state index is 0.192. The molecule has 0 amide bonds. The molecule has 0 aliphatic carbocycles. The van der Waals surface area contributed by atoms with Gasteiger partial charge in [0, 0.05) is 28.8 Å². The summed E-state index contributed by atoms with van der Waals surface area (Å²) in [5, 5.41) is 3.98. The van der Waals surface area contributed by atoms with Crippen LogP contribution in [0.25, 0.3) is 0 Å². The van der Waals surface area contributed by atoms with Crippen LogP contribution in [0.3, 0.4) is 0 Å². The van der Waals surface area contributed by atoms with E-state index >= 15 is 0 Å². The average molecular weight is 279 g/mol. The van der Waals surface area contributed by atoms with Crippen molar-refractivity contribution >= 4 is 33.2 Å². The predicted octanol–water partition coefficient (Wildman–Crippen LogP) is 3.55. The molecule has 0 heterocycles. The smallest absolute Gasteiger partial charge is 0.0715 e. The molecular weight excluding hydrogens is 265 g/mol. The van der Waals surface area contributed by atoms with Gasteiger partial charge >= 0.3 is 0 Å². The second kappa shape index (κ2) is 5.59. The fourth-order valence-electron chi connectivity index (χ4n) is 0.970. The maximum absolute atomic E-state index is 5.82. The first-order valence-electron chi connectivity index (χ1n) is 4.35. The van der Waals surface area contributed by atoms with E-state index in [1.807, 2.05) is 25.1 Å². The maximum atomic E-state index is 5.82. The number of ether oxygens (including phenoxy) is 1. The van der Waals surface area contributed by atoms with E-state index in [2.05, 4.69) is 21.2 Å². The lowest BCUT2D eigenvalue weighted by Crippen LogP contribution is -2.18. The third-order valence-corrected chi connectivity index (χ3v) is 2.80. The highest BCUT2D eigenvalue weighted by molar-refractivity contribution is 9.10. The first-order chi connectivity index (χ1) is 6.63. The van der Waals surface area contributed by atoms with Crippen molar-refractivity contribution in [3.63, 3.8) is 0 Å². The summed E-state index contributed by atoms with van der Waals surface area (Å²) < 4.78 is 6.10. The van der Waals surface area contributed by atoms with Crippen LogP contribution in [0.4, 0.5) is 5.69 Å². The molecule has 0 aliphatic rings. The van der Waals surface area contributed by atoms with E-state index in [-0.39, 0.29) is 6.10 Å². The number of methoxy groups -OCH3 is 1. The summed E-state index contributed by atoms with van der Waals surface area (Å²) >= 11 is 9.26. The van der Waals surface area contributed by atoms with Gasteiger partial charge in [0.1, 0.15) is 0 Å². The van der Waals surface area contributed by atoms with Gasteiger partial charge < -0.3 is 10.1 Å². The van der Waals surface area contributed by atoms with Crippen molar-refractivity contribution in [2.24, 2.45) is 0 Å². The van der Waals surface area contributed by atoms with Crippen molar-refractivity contribution in [3.8, 4) is 0 Å². The Hall–Kier alpha value is -0.250. The normalized spacial score (nSPS) is 12.6. The summed E-state index contributed by atoms with van der Waals surface area (Å²) in [6, 6.07) is 5.66. The molecular formula is C10H13BrClNO. The number of benzene rings is 1. The summed E-state index contributed by atoms with van der Waals surface area (Å²) in [5.41, 5.74) is 1.03. The zero-order valence-corrected chi connectivity index (χ0v) is 10.5. The maximum Gasteiger partial charge on any atom is 0.0715 e. The van der Waals surface area contributed by atoms with Gasteiger partial charge in [0.25, 0.3) is 0 Å². The molecule has 0 fully saturated rings. The summed E-state index contributed by atoms with van der Waals surface area (Å²) in [6.45, 7) is 2.79. The number of nitrogens with one attached hydrogen (secondary N) is 1. The van der Waals surface area contributed by atoms with Crippen LogP contribution in [0, 0.1) is 0 Å². The van der Waals surface area contributed by atoms with Crippen LogP contribution < -0.4 is 5.32 Å². The number of rotatable bonds is 4. The number of anilines is 1. The highest BCUT2D eigenvalue weighted by Crippen LogP contribution is 2.25. The molecule has 0 radical (unpaired) electrons. The molecule has 0 saturated carbocycles. The third-order valence-electron chi connectivity index (χ3n) is 1.91. The second-order valence-electron chi connectivity index (χ2n) is 3.05. The molecule has 1 aromatic rings. The Kier molecular flexibility index (Phi) is 4.72. The largest absolute Gasteiger partial charge is 0.382 e. The van der Waals surface area contributed by atoms with Crippen LogP contribution in [-0.2, 0) is 4.74 Å². The second-order valence-corrected chi connectivity index (χ2v) is 4.34. The van der Waals surface area contributed by atoms with Gasteiger partial charge in [-0.1, -0.05) is 11.6 Å². The molecule has 0 saturated heterocycles. The van der Waals surface area contributed by atoms with E-state index in [9.17, 15) is 0 Å². The van der Waals surface area contributed by atoms with Crippen LogP contribution in [-0.4, -0.2) is 19.8 Å². The molecule has 0 bridgehead atoms. The number of hydrogen-bond acceptors (Lipinski definition) is 2. The monoisotopic (exact) mass is 277 g/mol. The van der Waals surface area contributed by atoms with Gasteiger partial charge in [0.15, 0.2) is 0 Å². The molecule has 1 rings (SSSR count). The Morgan fingerprint density at radius 1 is 1.57 bits per heavy atom. The lowest BCUT2D eigenvalue weighted by Gasteiger charge is -2.13. The summed E-state index contributed by atoms with van der Waals surface area (Å²) in [4.78, 5) is 0. The zero-order valence-electron chi connectivity index (χ0n) is 8.18. The van der Waals surface area contributed by atoms with Crippen molar-refractivity contribution in [1.82, 2.24) is 0 Å². The summed E-state index contributed by atoms with van der Waals surface area (Å²) in [6.07, 6.45) is 0.192. The highest BCUT2D eigenvalue weighted by atomic mass is 79.9. The Morgan fingerprint density at radius 3 is 2.86 bits per heavy atom.